The van der Waals surface area contributed by atoms with Gasteiger partial charge < -0.3 is 15.5 Å². The van der Waals surface area contributed by atoms with Crippen LogP contribution in [-0.2, 0) is 4.79 Å². The quantitative estimate of drug-likeness (QED) is 0.775. The molecule has 0 bridgehead atoms. The molecule has 29 heavy (non-hydrogen) atoms. The SMILES string of the molecule is Cc1cc(C)c(NC(=O)CNc2cccc(C(=O)N3CCCCCC3)c2)c(C)c1. The summed E-state index contributed by atoms with van der Waals surface area (Å²) in [4.78, 5) is 27.2. The number of hydrogen-bond donors (Lipinski definition) is 2. The summed E-state index contributed by atoms with van der Waals surface area (Å²) >= 11 is 0. The third kappa shape index (κ3) is 5.59. The molecule has 2 aromatic rings. The van der Waals surface area contributed by atoms with Gasteiger partial charge in [-0.25, -0.2) is 0 Å². The van der Waals surface area contributed by atoms with Gasteiger partial charge in [0.05, 0.1) is 6.54 Å². The monoisotopic (exact) mass is 393 g/mol. The van der Waals surface area contributed by atoms with Crippen LogP contribution in [0.25, 0.3) is 0 Å². The van der Waals surface area contributed by atoms with Gasteiger partial charge in [0.25, 0.3) is 5.91 Å². The molecule has 0 unspecified atom stereocenters. The van der Waals surface area contributed by atoms with Crippen molar-refractivity contribution in [1.29, 1.82) is 0 Å². The highest BCUT2D eigenvalue weighted by molar-refractivity contribution is 5.97. The highest BCUT2D eigenvalue weighted by atomic mass is 16.2. The van der Waals surface area contributed by atoms with Crippen LogP contribution in [0.2, 0.25) is 0 Å². The summed E-state index contributed by atoms with van der Waals surface area (Å²) in [6.07, 6.45) is 4.53. The molecule has 1 saturated heterocycles. The second kappa shape index (κ2) is 9.59. The number of nitrogens with one attached hydrogen (secondary N) is 2. The third-order valence-electron chi connectivity index (χ3n) is 5.40. The van der Waals surface area contributed by atoms with Gasteiger partial charge in [0.15, 0.2) is 0 Å². The van der Waals surface area contributed by atoms with Gasteiger partial charge in [0.1, 0.15) is 0 Å². The van der Waals surface area contributed by atoms with E-state index >= 15 is 0 Å². The molecule has 154 valence electrons. The number of carbonyl (C=O) groups is 2. The summed E-state index contributed by atoms with van der Waals surface area (Å²) in [5, 5.41) is 6.14. The highest BCUT2D eigenvalue weighted by Crippen LogP contribution is 2.22. The van der Waals surface area contributed by atoms with Crippen molar-refractivity contribution in [3.05, 3.63) is 58.7 Å². The van der Waals surface area contributed by atoms with E-state index in [1.165, 1.54) is 18.4 Å². The Hall–Kier alpha value is -2.82. The van der Waals surface area contributed by atoms with Gasteiger partial charge in [-0.15, -0.1) is 0 Å². The van der Waals surface area contributed by atoms with Crippen molar-refractivity contribution < 1.29 is 9.59 Å². The number of amides is 2. The zero-order chi connectivity index (χ0) is 20.8. The van der Waals surface area contributed by atoms with Crippen molar-refractivity contribution in [2.75, 3.05) is 30.3 Å². The molecule has 0 radical (unpaired) electrons. The largest absolute Gasteiger partial charge is 0.376 e. The molecule has 1 heterocycles. The lowest BCUT2D eigenvalue weighted by molar-refractivity contribution is -0.114. The Bertz CT molecular complexity index is 860. The first-order valence-electron chi connectivity index (χ1n) is 10.4. The minimum atomic E-state index is -0.107. The van der Waals surface area contributed by atoms with Gasteiger partial charge in [-0.3, -0.25) is 9.59 Å². The molecule has 1 aliphatic heterocycles. The van der Waals surface area contributed by atoms with E-state index in [9.17, 15) is 9.59 Å². The van der Waals surface area contributed by atoms with E-state index in [2.05, 4.69) is 22.8 Å². The Labute approximate surface area is 173 Å². The fourth-order valence-electron chi connectivity index (χ4n) is 3.96. The number of rotatable bonds is 5. The van der Waals surface area contributed by atoms with E-state index in [1.54, 1.807) is 0 Å². The molecule has 5 nitrogen and oxygen atoms in total. The fourth-order valence-corrected chi connectivity index (χ4v) is 3.96. The Morgan fingerprint density at radius 1 is 0.931 bits per heavy atom. The van der Waals surface area contributed by atoms with E-state index in [-0.39, 0.29) is 18.4 Å². The molecule has 0 spiro atoms. The van der Waals surface area contributed by atoms with Crippen LogP contribution in [0.5, 0.6) is 0 Å². The average Bonchev–Trinajstić information content (AvgIpc) is 2.98. The Morgan fingerprint density at radius 3 is 2.24 bits per heavy atom. The van der Waals surface area contributed by atoms with E-state index in [0.29, 0.717) is 5.56 Å². The molecule has 1 fully saturated rings. The minimum absolute atomic E-state index is 0.0749. The standard InChI is InChI=1S/C24H31N3O2/c1-17-13-18(2)23(19(3)14-17)26-22(28)16-25-21-10-8-9-20(15-21)24(29)27-11-6-4-5-7-12-27/h8-10,13-15,25H,4-7,11-12,16H2,1-3H3,(H,26,28). The van der Waals surface area contributed by atoms with Crippen LogP contribution in [0.15, 0.2) is 36.4 Å². The predicted molar refractivity (Wildman–Crippen MR) is 119 cm³/mol. The Kier molecular flexibility index (Phi) is 6.91. The summed E-state index contributed by atoms with van der Waals surface area (Å²) in [6, 6.07) is 11.6. The Balaban J connectivity index is 1.60. The average molecular weight is 394 g/mol. The van der Waals surface area contributed by atoms with E-state index in [1.807, 2.05) is 49.9 Å². The van der Waals surface area contributed by atoms with E-state index < -0.39 is 0 Å². The van der Waals surface area contributed by atoms with Crippen molar-refractivity contribution in [2.24, 2.45) is 0 Å². The zero-order valence-electron chi connectivity index (χ0n) is 17.7. The fraction of sp³-hybridized carbons (Fsp3) is 0.417. The summed E-state index contributed by atoms with van der Waals surface area (Å²) in [5.74, 6) is -0.0322. The number of benzene rings is 2. The minimum Gasteiger partial charge on any atom is -0.376 e. The summed E-state index contributed by atoms with van der Waals surface area (Å²) in [6.45, 7) is 7.85. The number of likely N-dealkylation sites (tertiary alicyclic amines) is 1. The van der Waals surface area contributed by atoms with Crippen LogP contribution in [0.3, 0.4) is 0 Å². The van der Waals surface area contributed by atoms with Gasteiger partial charge in [0.2, 0.25) is 5.91 Å². The van der Waals surface area contributed by atoms with Gasteiger partial charge in [-0.2, -0.15) is 0 Å². The first kappa shape index (κ1) is 20.9. The van der Waals surface area contributed by atoms with Crippen LogP contribution in [-0.4, -0.2) is 36.3 Å². The van der Waals surface area contributed by atoms with Crippen LogP contribution in [0.1, 0.15) is 52.7 Å². The van der Waals surface area contributed by atoms with Crippen LogP contribution >= 0.6 is 0 Å². The molecule has 0 aromatic heterocycles. The molecule has 5 heteroatoms. The number of nitrogens with zero attached hydrogens (tertiary/aromatic N) is 1. The molecule has 3 rings (SSSR count). The van der Waals surface area contributed by atoms with E-state index in [0.717, 1.165) is 48.4 Å². The molecule has 2 N–H and O–H groups in total. The van der Waals surface area contributed by atoms with Crippen molar-refractivity contribution in [2.45, 2.75) is 46.5 Å². The normalized spacial score (nSPS) is 14.2. The second-order valence-corrected chi connectivity index (χ2v) is 7.96. The van der Waals surface area contributed by atoms with Crippen molar-refractivity contribution in [3.63, 3.8) is 0 Å². The maximum Gasteiger partial charge on any atom is 0.253 e. The smallest absolute Gasteiger partial charge is 0.253 e. The maximum absolute atomic E-state index is 12.8. The molecule has 0 saturated carbocycles. The highest BCUT2D eigenvalue weighted by Gasteiger charge is 2.17. The first-order chi connectivity index (χ1) is 13.9. The first-order valence-corrected chi connectivity index (χ1v) is 10.4. The van der Waals surface area contributed by atoms with Crippen molar-refractivity contribution in [3.8, 4) is 0 Å². The Morgan fingerprint density at radius 2 is 1.59 bits per heavy atom. The van der Waals surface area contributed by atoms with Gasteiger partial charge in [0, 0.05) is 30.0 Å². The zero-order valence-corrected chi connectivity index (χ0v) is 17.7. The molecular weight excluding hydrogens is 362 g/mol. The number of carbonyl (C=O) groups excluding carboxylic acids is 2. The molecule has 1 aliphatic rings. The van der Waals surface area contributed by atoms with Crippen LogP contribution < -0.4 is 10.6 Å². The molecule has 0 aliphatic carbocycles. The molecular formula is C24H31N3O2. The predicted octanol–water partition coefficient (Wildman–Crippen LogP) is 4.68. The molecule has 2 amide bonds. The summed E-state index contributed by atoms with van der Waals surface area (Å²) < 4.78 is 0. The second-order valence-electron chi connectivity index (χ2n) is 7.96. The molecule has 2 aromatic carbocycles. The van der Waals surface area contributed by atoms with Crippen LogP contribution in [0.4, 0.5) is 11.4 Å². The third-order valence-corrected chi connectivity index (χ3v) is 5.40. The molecule has 0 atom stereocenters. The lowest BCUT2D eigenvalue weighted by Gasteiger charge is -2.20. The lowest BCUT2D eigenvalue weighted by Crippen LogP contribution is -2.31. The van der Waals surface area contributed by atoms with Gasteiger partial charge >= 0.3 is 0 Å². The number of anilines is 2. The topological polar surface area (TPSA) is 61.4 Å². The van der Waals surface area contributed by atoms with Gasteiger partial charge in [-0.05, 0) is 62.9 Å². The maximum atomic E-state index is 12.8. The van der Waals surface area contributed by atoms with E-state index in [4.69, 9.17) is 0 Å². The van der Waals surface area contributed by atoms with Crippen molar-refractivity contribution >= 4 is 23.2 Å². The van der Waals surface area contributed by atoms with Crippen molar-refractivity contribution in [1.82, 2.24) is 4.90 Å². The number of hydrogen-bond acceptors (Lipinski definition) is 3. The lowest BCUT2D eigenvalue weighted by atomic mass is 10.1. The van der Waals surface area contributed by atoms with Crippen LogP contribution in [0, 0.1) is 20.8 Å². The van der Waals surface area contributed by atoms with Gasteiger partial charge in [-0.1, -0.05) is 36.6 Å². The summed E-state index contributed by atoms with van der Waals surface area (Å²) in [7, 11) is 0. The number of aryl methyl sites for hydroxylation is 3. The summed E-state index contributed by atoms with van der Waals surface area (Å²) in [5.41, 5.74) is 5.61.